The maximum absolute atomic E-state index is 14.0. The number of carboxylic acid groups (broad SMARTS) is 1. The zero-order valence-corrected chi connectivity index (χ0v) is 64.3. The quantitative estimate of drug-likeness (QED) is 0.0695. The van der Waals surface area contributed by atoms with Crippen LogP contribution in [0.2, 0.25) is 0 Å². The highest BCUT2D eigenvalue weighted by Gasteiger charge is 2.39. The number of nitrogens with one attached hydrogen (secondary N) is 3. The summed E-state index contributed by atoms with van der Waals surface area (Å²) in [5.41, 5.74) is 14.7. The number of rotatable bonds is 15. The second-order valence-electron chi connectivity index (χ2n) is 30.1. The molecule has 0 bridgehead atoms. The molecular weight excluding hydrogens is 1330 g/mol. The number of hydrogen-bond acceptors (Lipinski definition) is 16. The number of fused-ring (bicyclic) bond motifs is 3. The number of imidazole rings is 1. The summed E-state index contributed by atoms with van der Waals surface area (Å²) in [6, 6.07) is 43.2. The van der Waals surface area contributed by atoms with E-state index in [0.29, 0.717) is 59.0 Å². The lowest BCUT2D eigenvalue weighted by atomic mass is 9.71. The van der Waals surface area contributed by atoms with E-state index in [1.165, 1.54) is 118 Å². The van der Waals surface area contributed by atoms with Gasteiger partial charge in [-0.25, -0.2) is 30.9 Å². The lowest BCUT2D eigenvalue weighted by Gasteiger charge is -2.46. The van der Waals surface area contributed by atoms with Gasteiger partial charge in [0, 0.05) is 41.5 Å². The number of likely N-dealkylation sites (tertiary alicyclic amines) is 1. The molecule has 4 aliphatic rings. The van der Waals surface area contributed by atoms with Crippen LogP contribution in [-0.4, -0.2) is 125 Å². The van der Waals surface area contributed by atoms with E-state index in [0.717, 1.165) is 74.1 Å². The molecule has 1 aliphatic carbocycles. The van der Waals surface area contributed by atoms with Crippen molar-refractivity contribution in [3.05, 3.63) is 196 Å². The molecule has 0 spiro atoms. The normalized spacial score (nSPS) is 18.0. The number of likely N-dealkylation sites (N-methyl/N-ethyl adjacent to an activating group) is 1. The predicted octanol–water partition coefficient (Wildman–Crippen LogP) is 12.4. The number of aromatic nitrogens is 2. The first-order valence-electron chi connectivity index (χ1n) is 35.1. The second kappa shape index (κ2) is 37.5. The summed E-state index contributed by atoms with van der Waals surface area (Å²) < 4.78 is 92.9. The van der Waals surface area contributed by atoms with Crippen molar-refractivity contribution in [3.63, 3.8) is 0 Å². The highest BCUT2D eigenvalue weighted by Crippen LogP contribution is 2.41. The molecule has 5 atom stereocenters. The van der Waals surface area contributed by atoms with Crippen LogP contribution in [0.4, 0.5) is 10.3 Å². The molecule has 19 nitrogen and oxygen atoms in total. The largest absolute Gasteiger partial charge is 0.748 e. The first kappa shape index (κ1) is 83.1. The summed E-state index contributed by atoms with van der Waals surface area (Å²) >= 11 is 0. The number of methoxy groups -OCH3 is 4. The third-order valence-electron chi connectivity index (χ3n) is 18.1. The second-order valence-corrected chi connectivity index (χ2v) is 34.0. The van der Waals surface area contributed by atoms with E-state index in [4.69, 9.17) is 24.7 Å². The summed E-state index contributed by atoms with van der Waals surface area (Å²) in [4.78, 5) is 29.2. The van der Waals surface area contributed by atoms with Gasteiger partial charge in [-0.05, 0) is 282 Å². The Balaban J connectivity index is 0.000000199. The molecule has 2 fully saturated rings. The van der Waals surface area contributed by atoms with Crippen LogP contribution in [0.15, 0.2) is 144 Å². The minimum Gasteiger partial charge on any atom is -0.748 e. The average Bonchev–Trinajstić information content (AvgIpc) is 0.796. The van der Waals surface area contributed by atoms with Gasteiger partial charge in [-0.3, -0.25) is 4.79 Å². The third-order valence-corrected chi connectivity index (χ3v) is 21.4. The van der Waals surface area contributed by atoms with Gasteiger partial charge < -0.3 is 59.2 Å². The Kier molecular flexibility index (Phi) is 30.6. The fourth-order valence-electron chi connectivity index (χ4n) is 13.0. The van der Waals surface area contributed by atoms with Crippen LogP contribution >= 0.6 is 0 Å². The van der Waals surface area contributed by atoms with Crippen LogP contribution in [0.25, 0.3) is 0 Å². The number of nitrogens with two attached hydrogens (primary N) is 1. The number of carboxylic acids is 1. The molecule has 7 aromatic rings. The van der Waals surface area contributed by atoms with Gasteiger partial charge in [-0.1, -0.05) is 80.6 Å². The third kappa shape index (κ3) is 25.8. The Labute approximate surface area is 606 Å². The molecule has 3 aliphatic heterocycles. The monoisotopic (exact) mass is 1440 g/mol. The number of amides is 1. The predicted molar refractivity (Wildman–Crippen MR) is 401 cm³/mol. The topological polar surface area (TPSA) is 269 Å². The molecule has 11 rings (SSSR count). The molecule has 102 heavy (non-hydrogen) atoms. The van der Waals surface area contributed by atoms with E-state index in [-0.39, 0.29) is 27.7 Å². The number of nitrogens with zero attached hydrogens (tertiary/aromatic N) is 3. The van der Waals surface area contributed by atoms with Crippen LogP contribution in [0.3, 0.4) is 0 Å². The number of ether oxygens (including phenoxy) is 4. The number of hydrogen-bond donors (Lipinski definition) is 4. The first-order valence-corrected chi connectivity index (χ1v) is 38.0. The lowest BCUT2D eigenvalue weighted by Crippen LogP contribution is -2.50. The molecular formula is C80H110FN7O12S2-2. The maximum atomic E-state index is 14.0. The highest BCUT2D eigenvalue weighted by atomic mass is 32.2. The minimum atomic E-state index is -4.09. The molecule has 6 aromatic carbocycles. The first-order chi connectivity index (χ1) is 47.9. The van der Waals surface area contributed by atoms with Crippen molar-refractivity contribution >= 4 is 38.0 Å². The molecule has 1 amide bonds. The Hall–Kier alpha value is -7.86. The summed E-state index contributed by atoms with van der Waals surface area (Å²) in [6.07, 6.45) is 11.2. The fourth-order valence-corrected chi connectivity index (χ4v) is 14.4. The van der Waals surface area contributed by atoms with Gasteiger partial charge in [0.15, 0.2) is 0 Å². The molecule has 4 heterocycles. The van der Waals surface area contributed by atoms with Gasteiger partial charge in [0.2, 0.25) is 16.0 Å². The van der Waals surface area contributed by atoms with Crippen molar-refractivity contribution in [2.24, 2.45) is 23.7 Å². The smallest absolute Gasteiger partial charge is 0.251 e. The lowest BCUT2D eigenvalue weighted by molar-refractivity contribution is -0.255. The highest BCUT2D eigenvalue weighted by molar-refractivity contribution is 7.89. The number of halogens is 1. The molecule has 5 N–H and O–H groups in total. The van der Waals surface area contributed by atoms with Gasteiger partial charge in [0.25, 0.3) is 5.91 Å². The van der Waals surface area contributed by atoms with E-state index >= 15 is 0 Å². The molecule has 0 saturated carbocycles. The van der Waals surface area contributed by atoms with Gasteiger partial charge in [0.05, 0.1) is 59.9 Å². The number of carbonyl (C=O) groups excluding carboxylic acids is 2. The van der Waals surface area contributed by atoms with Crippen molar-refractivity contribution in [2.75, 3.05) is 60.9 Å². The zero-order chi connectivity index (χ0) is 75.3. The molecule has 1 aromatic heterocycles. The van der Waals surface area contributed by atoms with Crippen LogP contribution in [0.1, 0.15) is 168 Å². The zero-order valence-electron chi connectivity index (χ0n) is 62.7. The molecule has 2 unspecified atom stereocenters. The number of sulfonamides is 1. The fraction of sp³-hybridized carbons (Fsp3) is 0.487. The van der Waals surface area contributed by atoms with Gasteiger partial charge >= 0.3 is 0 Å². The van der Waals surface area contributed by atoms with Crippen LogP contribution in [-0.2, 0) is 65.2 Å². The minimum absolute atomic E-state index is 0.0203. The SMILES string of the molecule is CC(C)(C)NC(=O)c1ccccc1.CC(C)(C)NS(=O)(=O)c1ccc(C(=O)[O-])cc1.CC(C)(C)S(=O)(=O)[O-].COc1ccc(F)c(CC2CCc3c(C(C)C)nc(N)n3C2)c1.COc1cccc(CC2CCCNC2)c1.COc1cccc(C[C@H]2C[C@H]3Cc4c(cccc4OC)C[C@@H]3N(C)C2)c1. The summed E-state index contributed by atoms with van der Waals surface area (Å²) in [6.45, 7) is 23.8. The Bertz CT molecular complexity index is 4050. The van der Waals surface area contributed by atoms with Crippen molar-refractivity contribution in [1.82, 2.24) is 29.8 Å². The average molecular weight is 1440 g/mol. The summed E-state index contributed by atoms with van der Waals surface area (Å²) in [5, 5.41) is 16.9. The number of carbonyl (C=O) groups is 2. The molecule has 0 radical (unpaired) electrons. The van der Waals surface area contributed by atoms with Crippen molar-refractivity contribution in [2.45, 2.75) is 180 Å². The van der Waals surface area contributed by atoms with Gasteiger partial charge in [-0.15, -0.1) is 0 Å². The number of nitrogen functional groups attached to an aromatic ring is 1. The van der Waals surface area contributed by atoms with Crippen molar-refractivity contribution in [1.29, 1.82) is 0 Å². The van der Waals surface area contributed by atoms with E-state index < -0.39 is 36.4 Å². The van der Waals surface area contributed by atoms with Crippen LogP contribution in [0.5, 0.6) is 23.0 Å². The van der Waals surface area contributed by atoms with E-state index in [9.17, 15) is 40.5 Å². The Morgan fingerprint density at radius 3 is 1.80 bits per heavy atom. The van der Waals surface area contributed by atoms with Gasteiger partial charge in [0.1, 0.15) is 28.8 Å². The Morgan fingerprint density at radius 2 is 1.27 bits per heavy atom. The summed E-state index contributed by atoms with van der Waals surface area (Å²) in [5.74, 6) is 5.70. The van der Waals surface area contributed by atoms with Crippen molar-refractivity contribution < 1.29 is 59.4 Å². The summed E-state index contributed by atoms with van der Waals surface area (Å²) in [7, 11) is 1.45. The number of piperidine rings is 2. The maximum Gasteiger partial charge on any atom is 0.251 e. The van der Waals surface area contributed by atoms with Crippen LogP contribution in [0, 0.1) is 29.5 Å². The van der Waals surface area contributed by atoms with E-state index in [1.54, 1.807) is 73.5 Å². The standard InChI is InChI=1S/C23H29NO2.C18H24FN3O.C13H19NO.C11H15NO4S.C11H15NO.C4H10O3S/c1-24-15-17(10-16-6-4-8-20(12-16)25-2)11-19-13-21-18(14-22(19)24)7-5-9-23(21)26-3;1-11(2)17-16-7-4-12(10-22(16)18(20)21-17)8-13-9-14(23-3)5-6-15(13)19;1-15-13-6-2-4-11(9-13)8-12-5-3-7-14-10-12;1-11(2,3)12-17(15,16)9-6-4-8(5-7-9)10(13)14;1-11(2,3)12-10(13)9-7-5-4-6-8-9;1-4(2,3)8(5,6)7/h4-9,12,17,19,22H,10-11,13-15H2,1-3H3;5-6,9,11-12H,4,7-8,10H2,1-3H3,(H2,20,21);2,4,6,9,12,14H,3,5,7-8,10H2,1H3;4-7,12H,1-3H3,(H,13,14);4-8H,1-3H3,(H,12,13);1-3H3,(H,5,6,7)/p-2/t17-,19-,22-;;;;;/m0...../s1. The van der Waals surface area contributed by atoms with E-state index in [2.05, 4.69) is 105 Å². The van der Waals surface area contributed by atoms with Crippen molar-refractivity contribution in [3.8, 4) is 23.0 Å². The number of benzene rings is 6. The molecule has 2 saturated heterocycles. The van der Waals surface area contributed by atoms with E-state index in [1.807, 2.05) is 51.1 Å². The number of aromatic carboxylic acids is 1. The van der Waals surface area contributed by atoms with Gasteiger partial charge in [-0.2, -0.15) is 0 Å². The Morgan fingerprint density at radius 1 is 0.686 bits per heavy atom. The molecule has 558 valence electrons. The number of anilines is 1. The molecule has 22 heteroatoms. The van der Waals surface area contributed by atoms with Crippen LogP contribution < -0.4 is 45.1 Å².